The van der Waals surface area contributed by atoms with Crippen LogP contribution >= 0.6 is 0 Å². The van der Waals surface area contributed by atoms with E-state index in [1.54, 1.807) is 24.0 Å². The Kier molecular flexibility index (Phi) is 5.44. The summed E-state index contributed by atoms with van der Waals surface area (Å²) < 4.78 is 7.06. The number of carboxylic acids is 1. The van der Waals surface area contributed by atoms with Crippen LogP contribution in [-0.4, -0.2) is 49.9 Å². The predicted molar refractivity (Wildman–Crippen MR) is 132 cm³/mol. The zero-order valence-corrected chi connectivity index (χ0v) is 20.8. The van der Waals surface area contributed by atoms with Gasteiger partial charge in [-0.25, -0.2) is 4.98 Å². The van der Waals surface area contributed by atoms with Gasteiger partial charge in [-0.1, -0.05) is 19.4 Å². The zero-order chi connectivity index (χ0) is 25.1. The third kappa shape index (κ3) is 3.72. The summed E-state index contributed by atoms with van der Waals surface area (Å²) in [5.41, 5.74) is 1.99. The molecule has 2 aliphatic carbocycles. The monoisotopic (exact) mass is 491 g/mol. The summed E-state index contributed by atoms with van der Waals surface area (Å²) in [5.74, 6) is 0.683. The normalized spacial score (nSPS) is 27.8. The van der Waals surface area contributed by atoms with Gasteiger partial charge in [0.15, 0.2) is 0 Å². The van der Waals surface area contributed by atoms with E-state index in [1.807, 2.05) is 18.2 Å². The number of aryl methyl sites for hydroxylation is 1. The fraction of sp³-hybridized carbons (Fsp3) is 0.556. The van der Waals surface area contributed by atoms with Gasteiger partial charge in [-0.05, 0) is 73.1 Å². The molecule has 6 rings (SSSR count). The molecule has 1 aromatic carbocycles. The molecule has 4 unspecified atom stereocenters. The van der Waals surface area contributed by atoms with Crippen molar-refractivity contribution >= 4 is 22.9 Å². The number of hydrogen-bond acceptors (Lipinski definition) is 5. The SMILES string of the molecule is CC1CCC(C(NC(=O)c2ccnn2C)c2nc3ccc(C4(C(=O)O)CCOC4)cc3[nH]2)C2(CC2)C1. The first-order valence-electron chi connectivity index (χ1n) is 12.9. The van der Waals surface area contributed by atoms with E-state index in [-0.39, 0.29) is 24.0 Å². The molecule has 3 aliphatic rings. The van der Waals surface area contributed by atoms with Crippen LogP contribution in [0.5, 0.6) is 0 Å². The number of rotatable bonds is 6. The Morgan fingerprint density at radius 2 is 2.08 bits per heavy atom. The van der Waals surface area contributed by atoms with Gasteiger partial charge in [0, 0.05) is 19.9 Å². The number of nitrogens with one attached hydrogen (secondary N) is 2. The topological polar surface area (TPSA) is 122 Å². The van der Waals surface area contributed by atoms with Crippen LogP contribution in [0.15, 0.2) is 30.5 Å². The minimum absolute atomic E-state index is 0.163. The molecule has 3 fully saturated rings. The molecule has 0 bridgehead atoms. The molecule has 1 saturated heterocycles. The summed E-state index contributed by atoms with van der Waals surface area (Å²) in [6.45, 7) is 2.93. The van der Waals surface area contributed by atoms with Crippen molar-refractivity contribution < 1.29 is 19.4 Å². The molecule has 1 aliphatic heterocycles. The number of hydrogen-bond donors (Lipinski definition) is 3. The van der Waals surface area contributed by atoms with Crippen molar-refractivity contribution in [2.24, 2.45) is 24.3 Å². The third-order valence-electron chi connectivity index (χ3n) is 8.93. The van der Waals surface area contributed by atoms with Gasteiger partial charge < -0.3 is 20.1 Å². The Labute approximate surface area is 209 Å². The number of carbonyl (C=O) groups excluding carboxylic acids is 1. The number of nitrogens with zero attached hydrogens (tertiary/aromatic N) is 3. The Bertz CT molecular complexity index is 1320. The lowest BCUT2D eigenvalue weighted by Gasteiger charge is -2.39. The number of H-pyrrole nitrogens is 1. The molecule has 36 heavy (non-hydrogen) atoms. The van der Waals surface area contributed by atoms with Crippen molar-refractivity contribution in [2.75, 3.05) is 13.2 Å². The Morgan fingerprint density at radius 1 is 1.25 bits per heavy atom. The van der Waals surface area contributed by atoms with Crippen molar-refractivity contribution in [1.29, 1.82) is 0 Å². The molecule has 0 radical (unpaired) electrons. The van der Waals surface area contributed by atoms with E-state index >= 15 is 0 Å². The minimum Gasteiger partial charge on any atom is -0.481 e. The predicted octanol–water partition coefficient (Wildman–Crippen LogP) is 3.73. The first kappa shape index (κ1) is 23.2. The molecule has 9 heteroatoms. The number of aromatic nitrogens is 4. The number of imidazole rings is 1. The van der Waals surface area contributed by atoms with Crippen LogP contribution in [0.1, 0.15) is 73.4 Å². The number of fused-ring (bicyclic) bond motifs is 1. The molecular weight excluding hydrogens is 458 g/mol. The second-order valence-corrected chi connectivity index (χ2v) is 11.2. The number of benzene rings is 1. The Hall–Kier alpha value is -3.20. The summed E-state index contributed by atoms with van der Waals surface area (Å²) >= 11 is 0. The van der Waals surface area contributed by atoms with Crippen molar-refractivity contribution in [3.63, 3.8) is 0 Å². The fourth-order valence-electron chi connectivity index (χ4n) is 6.70. The van der Waals surface area contributed by atoms with Gasteiger partial charge in [0.1, 0.15) is 16.9 Å². The standard InChI is InChI=1S/C27H33N5O4/c1-16-3-5-18(26(14-16)8-9-26)22(31-24(33)21-7-11-28-32(21)2)23-29-19-6-4-17(13-20(19)30-23)27(25(34)35)10-12-36-15-27/h4,6-7,11,13,16,18,22H,3,5,8-10,12,14-15H2,1-2H3,(H,29,30)(H,31,33)(H,34,35). The molecule has 2 aromatic heterocycles. The number of aromatic amines is 1. The quantitative estimate of drug-likeness (QED) is 0.483. The van der Waals surface area contributed by atoms with Gasteiger partial charge in [-0.2, -0.15) is 5.10 Å². The van der Waals surface area contributed by atoms with Gasteiger partial charge >= 0.3 is 5.97 Å². The van der Waals surface area contributed by atoms with E-state index in [4.69, 9.17) is 9.72 Å². The van der Waals surface area contributed by atoms with Crippen LogP contribution in [0.4, 0.5) is 0 Å². The van der Waals surface area contributed by atoms with Crippen LogP contribution in [0.3, 0.4) is 0 Å². The van der Waals surface area contributed by atoms with E-state index in [1.165, 1.54) is 19.3 Å². The van der Waals surface area contributed by atoms with Crippen LogP contribution in [0, 0.1) is 17.3 Å². The molecule has 190 valence electrons. The van der Waals surface area contributed by atoms with Crippen molar-refractivity contribution in [3.8, 4) is 0 Å². The molecule has 1 amide bonds. The summed E-state index contributed by atoms with van der Waals surface area (Å²) in [5, 5.41) is 17.5. The lowest BCUT2D eigenvalue weighted by atomic mass is 9.68. The maximum Gasteiger partial charge on any atom is 0.316 e. The molecular formula is C27H33N5O4. The first-order chi connectivity index (χ1) is 17.3. The number of amides is 1. The molecule has 3 N–H and O–H groups in total. The highest BCUT2D eigenvalue weighted by Crippen LogP contribution is 2.63. The number of aliphatic carboxylic acids is 1. The van der Waals surface area contributed by atoms with E-state index in [9.17, 15) is 14.7 Å². The van der Waals surface area contributed by atoms with E-state index in [0.29, 0.717) is 30.6 Å². The zero-order valence-electron chi connectivity index (χ0n) is 20.8. The molecule has 9 nitrogen and oxygen atoms in total. The van der Waals surface area contributed by atoms with Gasteiger partial charge in [-0.3, -0.25) is 14.3 Å². The maximum absolute atomic E-state index is 13.3. The van der Waals surface area contributed by atoms with E-state index < -0.39 is 11.4 Å². The van der Waals surface area contributed by atoms with Crippen LogP contribution in [-0.2, 0) is 22.0 Å². The van der Waals surface area contributed by atoms with Crippen LogP contribution < -0.4 is 5.32 Å². The smallest absolute Gasteiger partial charge is 0.316 e. The number of carboxylic acid groups (broad SMARTS) is 1. The summed E-state index contributed by atoms with van der Waals surface area (Å²) in [6, 6.07) is 7.08. The van der Waals surface area contributed by atoms with E-state index in [2.05, 4.69) is 22.3 Å². The number of carbonyl (C=O) groups is 2. The van der Waals surface area contributed by atoms with Gasteiger partial charge in [0.25, 0.3) is 5.91 Å². The highest BCUT2D eigenvalue weighted by Gasteiger charge is 2.55. The average Bonchev–Trinajstić information content (AvgIpc) is 3.26. The molecule has 4 atom stereocenters. The highest BCUT2D eigenvalue weighted by atomic mass is 16.5. The molecule has 2 saturated carbocycles. The van der Waals surface area contributed by atoms with E-state index in [0.717, 1.165) is 35.3 Å². The Morgan fingerprint density at radius 3 is 2.75 bits per heavy atom. The average molecular weight is 492 g/mol. The molecule has 1 spiro atoms. The van der Waals surface area contributed by atoms with Gasteiger partial charge in [-0.15, -0.1) is 0 Å². The van der Waals surface area contributed by atoms with Crippen LogP contribution in [0.25, 0.3) is 11.0 Å². The van der Waals surface area contributed by atoms with Crippen molar-refractivity contribution in [3.05, 3.63) is 47.5 Å². The first-order valence-corrected chi connectivity index (χ1v) is 12.9. The second kappa shape index (κ2) is 8.44. The highest BCUT2D eigenvalue weighted by molar-refractivity contribution is 5.92. The lowest BCUT2D eigenvalue weighted by Crippen LogP contribution is -2.41. The maximum atomic E-state index is 13.3. The lowest BCUT2D eigenvalue weighted by molar-refractivity contribution is -0.143. The summed E-state index contributed by atoms with van der Waals surface area (Å²) in [7, 11) is 1.77. The molecule has 3 aromatic rings. The minimum atomic E-state index is -1.04. The van der Waals surface area contributed by atoms with Crippen molar-refractivity contribution in [2.45, 2.75) is 56.9 Å². The van der Waals surface area contributed by atoms with Gasteiger partial charge in [0.05, 0.1) is 23.7 Å². The molecule has 3 heterocycles. The Balaban J connectivity index is 1.38. The van der Waals surface area contributed by atoms with Crippen molar-refractivity contribution in [1.82, 2.24) is 25.1 Å². The number of ether oxygens (including phenoxy) is 1. The van der Waals surface area contributed by atoms with Crippen LogP contribution in [0.2, 0.25) is 0 Å². The fourth-order valence-corrected chi connectivity index (χ4v) is 6.70. The summed E-state index contributed by atoms with van der Waals surface area (Å²) in [6.07, 6.45) is 7.80. The third-order valence-corrected chi connectivity index (χ3v) is 8.93. The summed E-state index contributed by atoms with van der Waals surface area (Å²) in [4.78, 5) is 33.9. The second-order valence-electron chi connectivity index (χ2n) is 11.2. The largest absolute Gasteiger partial charge is 0.481 e. The van der Waals surface area contributed by atoms with Gasteiger partial charge in [0.2, 0.25) is 0 Å².